The van der Waals surface area contributed by atoms with Crippen molar-refractivity contribution < 1.29 is 27.1 Å². The standard InChI is InChI=1S/C28H32FN3O5S/c1-5-26(28(34)30-3)31(18-21-11-13-22(29)14-12-21)27(33)19-32(23-7-6-8-24(17-23)37-4)38(35,36)25-15-9-20(2)10-16-25/h6-17,26H,5,18-19H2,1-4H3,(H,30,34)/t26-/m1/s1. The molecule has 3 rings (SSSR count). The van der Waals surface area contributed by atoms with Gasteiger partial charge in [0.05, 0.1) is 17.7 Å². The Labute approximate surface area is 223 Å². The first-order chi connectivity index (χ1) is 18.1. The summed E-state index contributed by atoms with van der Waals surface area (Å²) in [6, 6.07) is 17.4. The van der Waals surface area contributed by atoms with E-state index in [0.29, 0.717) is 11.3 Å². The quantitative estimate of drug-likeness (QED) is 0.397. The van der Waals surface area contributed by atoms with Gasteiger partial charge in [-0.2, -0.15) is 0 Å². The molecule has 0 fully saturated rings. The molecule has 0 saturated carbocycles. The summed E-state index contributed by atoms with van der Waals surface area (Å²) in [7, 11) is -1.25. The molecule has 1 N–H and O–H groups in total. The number of anilines is 1. The third-order valence-corrected chi connectivity index (χ3v) is 7.92. The van der Waals surface area contributed by atoms with Crippen LogP contribution in [0.2, 0.25) is 0 Å². The normalized spacial score (nSPS) is 11.9. The Morgan fingerprint density at radius 2 is 1.68 bits per heavy atom. The number of ether oxygens (including phenoxy) is 1. The van der Waals surface area contributed by atoms with Crippen molar-refractivity contribution in [2.75, 3.05) is 25.0 Å². The fourth-order valence-corrected chi connectivity index (χ4v) is 5.41. The summed E-state index contributed by atoms with van der Waals surface area (Å²) in [6.45, 7) is 3.02. The number of sulfonamides is 1. The monoisotopic (exact) mass is 541 g/mol. The predicted octanol–water partition coefficient (Wildman–Crippen LogP) is 3.89. The highest BCUT2D eigenvalue weighted by atomic mass is 32.2. The van der Waals surface area contributed by atoms with Crippen LogP contribution in [0.5, 0.6) is 5.75 Å². The zero-order chi connectivity index (χ0) is 27.9. The van der Waals surface area contributed by atoms with E-state index in [1.165, 1.54) is 61.5 Å². The number of aryl methyl sites for hydroxylation is 1. The number of amides is 2. The number of halogens is 1. The number of rotatable bonds is 11. The molecule has 1 atom stereocenters. The first kappa shape index (κ1) is 28.6. The molecular weight excluding hydrogens is 509 g/mol. The van der Waals surface area contributed by atoms with Crippen LogP contribution in [0.1, 0.15) is 24.5 Å². The first-order valence-corrected chi connectivity index (χ1v) is 13.5. The molecule has 3 aromatic rings. The number of nitrogens with one attached hydrogen (secondary N) is 1. The smallest absolute Gasteiger partial charge is 0.264 e. The Hall–Kier alpha value is -3.92. The highest BCUT2D eigenvalue weighted by molar-refractivity contribution is 7.92. The molecule has 10 heteroatoms. The zero-order valence-corrected chi connectivity index (χ0v) is 22.7. The average molecular weight is 542 g/mol. The van der Waals surface area contributed by atoms with Crippen LogP contribution in [0.25, 0.3) is 0 Å². The van der Waals surface area contributed by atoms with Crippen LogP contribution in [0.15, 0.2) is 77.7 Å². The molecule has 8 nitrogen and oxygen atoms in total. The molecule has 0 radical (unpaired) electrons. The van der Waals surface area contributed by atoms with Gasteiger partial charge in [0.25, 0.3) is 10.0 Å². The highest BCUT2D eigenvalue weighted by Crippen LogP contribution is 2.28. The second-order valence-corrected chi connectivity index (χ2v) is 10.6. The van der Waals surface area contributed by atoms with Gasteiger partial charge >= 0.3 is 0 Å². The Morgan fingerprint density at radius 1 is 1.03 bits per heavy atom. The summed E-state index contributed by atoms with van der Waals surface area (Å²) in [5.41, 5.74) is 1.71. The molecule has 0 aliphatic rings. The molecule has 0 bridgehead atoms. The maximum Gasteiger partial charge on any atom is 0.264 e. The van der Waals surface area contributed by atoms with Gasteiger partial charge in [0.2, 0.25) is 11.8 Å². The van der Waals surface area contributed by atoms with Crippen molar-refractivity contribution >= 4 is 27.5 Å². The van der Waals surface area contributed by atoms with E-state index in [4.69, 9.17) is 4.74 Å². The van der Waals surface area contributed by atoms with Crippen LogP contribution < -0.4 is 14.4 Å². The number of benzene rings is 3. The number of carbonyl (C=O) groups excluding carboxylic acids is 2. The van der Waals surface area contributed by atoms with Crippen molar-refractivity contribution in [3.05, 3.63) is 89.7 Å². The number of methoxy groups -OCH3 is 1. The lowest BCUT2D eigenvalue weighted by atomic mass is 10.1. The fraction of sp³-hybridized carbons (Fsp3) is 0.286. The zero-order valence-electron chi connectivity index (χ0n) is 21.8. The van der Waals surface area contributed by atoms with E-state index in [9.17, 15) is 22.4 Å². The Kier molecular flexibility index (Phi) is 9.46. The number of nitrogens with zero attached hydrogens (tertiary/aromatic N) is 2. The molecule has 0 aliphatic carbocycles. The average Bonchev–Trinajstić information content (AvgIpc) is 2.92. The van der Waals surface area contributed by atoms with Crippen LogP contribution in [-0.4, -0.2) is 51.9 Å². The van der Waals surface area contributed by atoms with Gasteiger partial charge < -0.3 is 15.0 Å². The second-order valence-electron chi connectivity index (χ2n) is 8.71. The van der Waals surface area contributed by atoms with Crippen molar-refractivity contribution in [2.24, 2.45) is 0 Å². The van der Waals surface area contributed by atoms with Crippen LogP contribution in [-0.2, 0) is 26.2 Å². The Morgan fingerprint density at radius 3 is 2.26 bits per heavy atom. The molecule has 0 saturated heterocycles. The van der Waals surface area contributed by atoms with Crippen molar-refractivity contribution in [2.45, 2.75) is 37.8 Å². The third kappa shape index (κ3) is 6.69. The molecule has 0 heterocycles. The highest BCUT2D eigenvalue weighted by Gasteiger charge is 2.33. The molecule has 202 valence electrons. The molecule has 2 amide bonds. The maximum atomic E-state index is 13.8. The minimum absolute atomic E-state index is 0.0123. The number of hydrogen-bond donors (Lipinski definition) is 1. The first-order valence-electron chi connectivity index (χ1n) is 12.1. The van der Waals surface area contributed by atoms with E-state index in [2.05, 4.69) is 5.32 Å². The van der Waals surface area contributed by atoms with Gasteiger partial charge in [-0.1, -0.05) is 42.8 Å². The molecular formula is C28H32FN3O5S. The van der Waals surface area contributed by atoms with Gasteiger partial charge in [0.1, 0.15) is 24.2 Å². The van der Waals surface area contributed by atoms with Gasteiger partial charge in [-0.15, -0.1) is 0 Å². The lowest BCUT2D eigenvalue weighted by molar-refractivity contribution is -0.140. The van der Waals surface area contributed by atoms with Gasteiger partial charge in [0.15, 0.2) is 0 Å². The van der Waals surface area contributed by atoms with Gasteiger partial charge in [-0.25, -0.2) is 12.8 Å². The summed E-state index contributed by atoms with van der Waals surface area (Å²) in [5, 5.41) is 2.57. The second kappa shape index (κ2) is 12.6. The van der Waals surface area contributed by atoms with Gasteiger partial charge in [-0.05, 0) is 55.3 Å². The summed E-state index contributed by atoms with van der Waals surface area (Å²) >= 11 is 0. The van der Waals surface area contributed by atoms with Crippen LogP contribution in [0, 0.1) is 12.7 Å². The van der Waals surface area contributed by atoms with E-state index in [0.717, 1.165) is 9.87 Å². The lowest BCUT2D eigenvalue weighted by Gasteiger charge is -2.33. The minimum atomic E-state index is -4.18. The molecule has 0 aromatic heterocycles. The predicted molar refractivity (Wildman–Crippen MR) is 144 cm³/mol. The minimum Gasteiger partial charge on any atom is -0.497 e. The van der Waals surface area contributed by atoms with E-state index in [1.807, 2.05) is 6.92 Å². The topological polar surface area (TPSA) is 96.0 Å². The van der Waals surface area contributed by atoms with E-state index in [-0.39, 0.29) is 23.5 Å². The molecule has 0 aliphatic heterocycles. The summed E-state index contributed by atoms with van der Waals surface area (Å²) in [6.07, 6.45) is 0.288. The van der Waals surface area contributed by atoms with Crippen LogP contribution in [0.3, 0.4) is 0 Å². The Balaban J connectivity index is 2.07. The van der Waals surface area contributed by atoms with Crippen molar-refractivity contribution in [3.63, 3.8) is 0 Å². The Bertz CT molecular complexity index is 1360. The largest absolute Gasteiger partial charge is 0.497 e. The van der Waals surface area contributed by atoms with E-state index < -0.39 is 40.2 Å². The van der Waals surface area contributed by atoms with Crippen molar-refractivity contribution in [3.8, 4) is 5.75 Å². The number of carbonyl (C=O) groups is 2. The van der Waals surface area contributed by atoms with Gasteiger partial charge in [0, 0.05) is 19.7 Å². The molecule has 3 aromatic carbocycles. The van der Waals surface area contributed by atoms with Crippen LogP contribution >= 0.6 is 0 Å². The van der Waals surface area contributed by atoms with Crippen LogP contribution in [0.4, 0.5) is 10.1 Å². The number of hydrogen-bond acceptors (Lipinski definition) is 5. The van der Waals surface area contributed by atoms with E-state index >= 15 is 0 Å². The van der Waals surface area contributed by atoms with Gasteiger partial charge in [-0.3, -0.25) is 13.9 Å². The third-order valence-electron chi connectivity index (χ3n) is 6.13. The van der Waals surface area contributed by atoms with Crippen molar-refractivity contribution in [1.29, 1.82) is 0 Å². The lowest BCUT2D eigenvalue weighted by Crippen LogP contribution is -2.51. The molecule has 0 spiro atoms. The van der Waals surface area contributed by atoms with E-state index in [1.54, 1.807) is 37.3 Å². The summed E-state index contributed by atoms with van der Waals surface area (Å²) in [5.74, 6) is -1.00. The van der Waals surface area contributed by atoms with Crippen molar-refractivity contribution in [1.82, 2.24) is 10.2 Å². The summed E-state index contributed by atoms with van der Waals surface area (Å²) < 4.78 is 47.4. The maximum absolute atomic E-state index is 13.8. The molecule has 0 unspecified atom stereocenters. The fourth-order valence-electron chi connectivity index (χ4n) is 4.00. The molecule has 38 heavy (non-hydrogen) atoms. The summed E-state index contributed by atoms with van der Waals surface area (Å²) in [4.78, 5) is 27.9. The number of likely N-dealkylation sites (N-methyl/N-ethyl adjacent to an activating group) is 1. The SMILES string of the molecule is CC[C@H](C(=O)NC)N(Cc1ccc(F)cc1)C(=O)CN(c1cccc(OC)c1)S(=O)(=O)c1ccc(C)cc1.